The first-order valence-electron chi connectivity index (χ1n) is 10.6. The number of nitrogens with two attached hydrogens (primary N) is 1. The average Bonchev–Trinajstić information content (AvgIpc) is 2.79. The van der Waals surface area contributed by atoms with Gasteiger partial charge in [0.25, 0.3) is 5.91 Å². The fraction of sp³-hybridized carbons (Fsp3) is 0.571. The number of rotatable bonds is 14. The van der Waals surface area contributed by atoms with E-state index in [-0.39, 0.29) is 43.9 Å². The number of amides is 1. The van der Waals surface area contributed by atoms with E-state index < -0.39 is 34.4 Å². The summed E-state index contributed by atoms with van der Waals surface area (Å²) in [6.45, 7) is 2.03. The van der Waals surface area contributed by atoms with Crippen LogP contribution in [-0.2, 0) is 30.3 Å². The molecule has 12 nitrogen and oxygen atoms in total. The lowest BCUT2D eigenvalue weighted by Gasteiger charge is -2.31. The van der Waals surface area contributed by atoms with Gasteiger partial charge in [0, 0.05) is 25.9 Å². The molecule has 1 aliphatic heterocycles. The molecule has 3 atom stereocenters. The van der Waals surface area contributed by atoms with Gasteiger partial charge in [0.05, 0.1) is 60.7 Å². The molecular weight excluding hydrogens is 567 g/mol. The summed E-state index contributed by atoms with van der Waals surface area (Å²) < 4.78 is 26.2. The van der Waals surface area contributed by atoms with Crippen molar-refractivity contribution in [2.24, 2.45) is 5.73 Å². The van der Waals surface area contributed by atoms with Crippen LogP contribution in [0.3, 0.4) is 0 Å². The molecule has 1 aliphatic rings. The van der Waals surface area contributed by atoms with Crippen molar-refractivity contribution in [2.75, 3.05) is 39.5 Å². The maximum absolute atomic E-state index is 12.8. The second kappa shape index (κ2) is 15.1. The van der Waals surface area contributed by atoms with Crippen molar-refractivity contribution in [3.8, 4) is 5.75 Å². The van der Waals surface area contributed by atoms with E-state index in [1.165, 1.54) is 34.7 Å². The van der Waals surface area contributed by atoms with Crippen LogP contribution >= 0.6 is 22.6 Å². The van der Waals surface area contributed by atoms with E-state index in [4.69, 9.17) is 29.4 Å². The van der Waals surface area contributed by atoms with Crippen LogP contribution in [0.2, 0.25) is 0 Å². The van der Waals surface area contributed by atoms with Crippen molar-refractivity contribution in [1.29, 1.82) is 0 Å². The van der Waals surface area contributed by atoms with Crippen LogP contribution < -0.4 is 15.8 Å². The molecule has 0 aromatic heterocycles. The molecule has 1 aromatic carbocycles. The van der Waals surface area contributed by atoms with E-state index in [0.717, 1.165) is 0 Å². The number of nitrogens with one attached hydrogen (secondary N) is 1. The topological polar surface area (TPSA) is 176 Å². The Balaban J connectivity index is 2.03. The van der Waals surface area contributed by atoms with Crippen molar-refractivity contribution < 1.29 is 48.3 Å². The summed E-state index contributed by atoms with van der Waals surface area (Å²) >= 11 is 1.50. The van der Waals surface area contributed by atoms with Gasteiger partial charge >= 0.3 is 9.95 Å². The summed E-state index contributed by atoms with van der Waals surface area (Å²) in [5.74, 6) is -1.57. The van der Waals surface area contributed by atoms with Gasteiger partial charge in [0.1, 0.15) is 12.4 Å². The summed E-state index contributed by atoms with van der Waals surface area (Å²) in [5.41, 5.74) is 6.00. The van der Waals surface area contributed by atoms with Gasteiger partial charge in [-0.1, -0.05) is 6.07 Å². The Kier molecular flexibility index (Phi) is 12.5. The smallest absolute Gasteiger partial charge is 0.367 e. The predicted octanol–water partition coefficient (Wildman–Crippen LogP) is 0.809. The third-order valence-electron chi connectivity index (χ3n) is 4.61. The zero-order valence-corrected chi connectivity index (χ0v) is 20.6. The number of carbonyl (C=O) groups excluding carboxylic acids is 2. The third-order valence-corrected chi connectivity index (χ3v) is 4.92. The van der Waals surface area contributed by atoms with Crippen molar-refractivity contribution >= 4 is 38.4 Å². The minimum atomic E-state index is -1.22. The quantitative estimate of drug-likeness (QED) is 0.136. The molecule has 3 unspecified atom stereocenters. The molecule has 13 heteroatoms. The maximum Gasteiger partial charge on any atom is 0.367 e. The standard InChI is InChI=1S/C21H29IN2O10/c22-21(29)32-12-13-1-2-16(33-18-11-14(25)10-17(34-18)20(27)28)15(9-13)19(26)24-4-6-31-8-7-30-5-3-23/h1-2,9,14,17-18,25H,3-8,10-12,23H2,(H,24,26)(H,27,28). The van der Waals surface area contributed by atoms with Crippen molar-refractivity contribution in [2.45, 2.75) is 37.9 Å². The van der Waals surface area contributed by atoms with E-state index in [9.17, 15) is 24.6 Å². The molecule has 1 saturated heterocycles. The Labute approximate surface area is 210 Å². The normalized spacial score (nSPS) is 19.9. The molecule has 0 saturated carbocycles. The molecule has 1 aromatic rings. The number of hydrogen-bond acceptors (Lipinski definition) is 10. The lowest BCUT2D eigenvalue weighted by Crippen LogP contribution is -2.42. The Morgan fingerprint density at radius 2 is 1.88 bits per heavy atom. The van der Waals surface area contributed by atoms with Crippen molar-refractivity contribution in [1.82, 2.24) is 5.32 Å². The highest BCUT2D eigenvalue weighted by molar-refractivity contribution is 14.1. The number of carboxylic acid groups (broad SMARTS) is 1. The largest absolute Gasteiger partial charge is 0.479 e. The van der Waals surface area contributed by atoms with Gasteiger partial charge in [-0.25, -0.2) is 9.59 Å². The van der Waals surface area contributed by atoms with Crippen LogP contribution in [0.1, 0.15) is 28.8 Å². The lowest BCUT2D eigenvalue weighted by molar-refractivity contribution is -0.195. The second-order valence-corrected chi connectivity index (χ2v) is 8.14. The van der Waals surface area contributed by atoms with Gasteiger partial charge in [-0.2, -0.15) is 0 Å². The molecule has 2 rings (SSSR count). The van der Waals surface area contributed by atoms with E-state index in [0.29, 0.717) is 31.9 Å². The fourth-order valence-corrected chi connectivity index (χ4v) is 3.22. The van der Waals surface area contributed by atoms with Gasteiger partial charge in [-0.3, -0.25) is 4.79 Å². The molecule has 5 N–H and O–H groups in total. The Morgan fingerprint density at radius 3 is 2.56 bits per heavy atom. The molecule has 0 aliphatic carbocycles. The summed E-state index contributed by atoms with van der Waals surface area (Å²) in [6, 6.07) is 4.60. The monoisotopic (exact) mass is 596 g/mol. The van der Waals surface area contributed by atoms with Gasteiger partial charge in [0.2, 0.25) is 6.29 Å². The molecular formula is C21H29IN2O10. The highest BCUT2D eigenvalue weighted by Crippen LogP contribution is 2.27. The number of aliphatic hydroxyl groups excluding tert-OH is 1. The van der Waals surface area contributed by atoms with Crippen LogP contribution in [0.15, 0.2) is 18.2 Å². The van der Waals surface area contributed by atoms with E-state index in [1.54, 1.807) is 6.07 Å². The van der Waals surface area contributed by atoms with Gasteiger partial charge in [-0.15, -0.1) is 0 Å². The van der Waals surface area contributed by atoms with Crippen molar-refractivity contribution in [3.05, 3.63) is 29.3 Å². The molecule has 1 heterocycles. The maximum atomic E-state index is 12.8. The van der Waals surface area contributed by atoms with Crippen LogP contribution in [0.5, 0.6) is 5.75 Å². The Morgan fingerprint density at radius 1 is 1.15 bits per heavy atom. The summed E-state index contributed by atoms with van der Waals surface area (Å²) in [7, 11) is 0. The first-order chi connectivity index (χ1) is 16.3. The minimum Gasteiger partial charge on any atom is -0.479 e. The number of aliphatic carboxylic acids is 1. The SMILES string of the molecule is NCCOCCOCCNC(=O)c1cc(COC(=O)I)ccc1OC1CC(O)CC(C(=O)O)O1. The van der Waals surface area contributed by atoms with E-state index in [2.05, 4.69) is 5.32 Å². The number of carboxylic acids is 1. The summed E-state index contributed by atoms with van der Waals surface area (Å²) in [5, 5.41) is 21.9. The fourth-order valence-electron chi connectivity index (χ4n) is 3.06. The third kappa shape index (κ3) is 10.1. The highest BCUT2D eigenvalue weighted by atomic mass is 127. The minimum absolute atomic E-state index is 0.0408. The number of aliphatic hydroxyl groups is 1. The van der Waals surface area contributed by atoms with E-state index >= 15 is 0 Å². The highest BCUT2D eigenvalue weighted by Gasteiger charge is 2.34. The molecule has 0 spiro atoms. The molecule has 190 valence electrons. The van der Waals surface area contributed by atoms with Gasteiger partial charge < -0.3 is 44.9 Å². The number of benzene rings is 1. The second-order valence-electron chi connectivity index (χ2n) is 7.26. The molecule has 0 bridgehead atoms. The lowest BCUT2D eigenvalue weighted by atomic mass is 10.0. The first kappa shape index (κ1) is 28.2. The number of carbonyl (C=O) groups is 3. The van der Waals surface area contributed by atoms with Crippen LogP contribution in [0, 0.1) is 0 Å². The van der Waals surface area contributed by atoms with E-state index in [1.807, 2.05) is 0 Å². The van der Waals surface area contributed by atoms with Crippen LogP contribution in [-0.4, -0.2) is 84.1 Å². The van der Waals surface area contributed by atoms with Crippen molar-refractivity contribution in [3.63, 3.8) is 0 Å². The van der Waals surface area contributed by atoms with Gasteiger partial charge in [0.15, 0.2) is 6.10 Å². The predicted molar refractivity (Wildman–Crippen MR) is 126 cm³/mol. The molecule has 1 fully saturated rings. The summed E-state index contributed by atoms with van der Waals surface area (Å²) in [6.07, 6.45) is -3.23. The zero-order valence-electron chi connectivity index (χ0n) is 18.4. The van der Waals surface area contributed by atoms with Crippen LogP contribution in [0.25, 0.3) is 0 Å². The molecule has 34 heavy (non-hydrogen) atoms. The Hall–Kier alpha value is -2.04. The molecule has 1 amide bonds. The molecule has 0 radical (unpaired) electrons. The first-order valence-corrected chi connectivity index (χ1v) is 11.7. The number of halogens is 1. The summed E-state index contributed by atoms with van der Waals surface area (Å²) in [4.78, 5) is 35.2. The Bertz CT molecular complexity index is 825. The number of ether oxygens (including phenoxy) is 5. The van der Waals surface area contributed by atoms with Gasteiger partial charge in [-0.05, 0) is 17.7 Å². The van der Waals surface area contributed by atoms with Crippen LogP contribution in [0.4, 0.5) is 4.79 Å². The zero-order chi connectivity index (χ0) is 24.9. The average molecular weight is 596 g/mol. The number of hydrogen-bond donors (Lipinski definition) is 4.